The second kappa shape index (κ2) is 6.07. The topological polar surface area (TPSA) is 71.5 Å². The maximum absolute atomic E-state index is 11.7. The molecule has 16 heavy (non-hydrogen) atoms. The largest absolute Gasteiger partial charge is 0.506 e. The first kappa shape index (κ1) is 12.4. The first-order valence-corrected chi connectivity index (χ1v) is 5.07. The number of methoxy groups -OCH3 is 1. The second-order valence-electron chi connectivity index (χ2n) is 3.59. The lowest BCUT2D eigenvalue weighted by atomic mass is 10.2. The molecule has 1 aromatic rings. The van der Waals surface area contributed by atoms with Gasteiger partial charge in [-0.2, -0.15) is 0 Å². The van der Waals surface area contributed by atoms with Crippen molar-refractivity contribution in [2.75, 3.05) is 13.7 Å². The average molecular weight is 224 g/mol. The van der Waals surface area contributed by atoms with Gasteiger partial charge in [0, 0.05) is 26.0 Å². The SMILES string of the molecule is COCCC(C)NC(=O)c1cncc(O)c1. The van der Waals surface area contributed by atoms with E-state index in [4.69, 9.17) is 4.74 Å². The van der Waals surface area contributed by atoms with E-state index in [9.17, 15) is 9.90 Å². The highest BCUT2D eigenvalue weighted by Gasteiger charge is 2.10. The summed E-state index contributed by atoms with van der Waals surface area (Å²) in [7, 11) is 1.62. The molecular formula is C11H16N2O3. The molecule has 1 unspecified atom stereocenters. The fourth-order valence-electron chi connectivity index (χ4n) is 1.23. The van der Waals surface area contributed by atoms with E-state index >= 15 is 0 Å². The van der Waals surface area contributed by atoms with Crippen LogP contribution in [-0.2, 0) is 4.74 Å². The molecule has 0 aliphatic carbocycles. The van der Waals surface area contributed by atoms with Gasteiger partial charge >= 0.3 is 0 Å². The Morgan fingerprint density at radius 2 is 2.38 bits per heavy atom. The van der Waals surface area contributed by atoms with Gasteiger partial charge in [-0.25, -0.2) is 0 Å². The number of ether oxygens (including phenoxy) is 1. The smallest absolute Gasteiger partial charge is 0.253 e. The van der Waals surface area contributed by atoms with Crippen molar-refractivity contribution in [3.63, 3.8) is 0 Å². The van der Waals surface area contributed by atoms with Crippen LogP contribution in [0.4, 0.5) is 0 Å². The summed E-state index contributed by atoms with van der Waals surface area (Å²) >= 11 is 0. The summed E-state index contributed by atoms with van der Waals surface area (Å²) in [6.45, 7) is 2.49. The highest BCUT2D eigenvalue weighted by Crippen LogP contribution is 2.08. The zero-order chi connectivity index (χ0) is 12.0. The van der Waals surface area contributed by atoms with E-state index < -0.39 is 0 Å². The van der Waals surface area contributed by atoms with Gasteiger partial charge in [0.1, 0.15) is 5.75 Å². The van der Waals surface area contributed by atoms with Crippen molar-refractivity contribution in [3.05, 3.63) is 24.0 Å². The third-order valence-electron chi connectivity index (χ3n) is 2.12. The maximum Gasteiger partial charge on any atom is 0.253 e. The number of hydrogen-bond donors (Lipinski definition) is 2. The van der Waals surface area contributed by atoms with Gasteiger partial charge < -0.3 is 15.2 Å². The Morgan fingerprint density at radius 1 is 1.62 bits per heavy atom. The van der Waals surface area contributed by atoms with Crippen LogP contribution in [0.3, 0.4) is 0 Å². The average Bonchev–Trinajstić information content (AvgIpc) is 2.26. The Morgan fingerprint density at radius 3 is 3.00 bits per heavy atom. The van der Waals surface area contributed by atoms with Gasteiger partial charge in [-0.3, -0.25) is 9.78 Å². The summed E-state index contributed by atoms with van der Waals surface area (Å²) in [4.78, 5) is 15.4. The quantitative estimate of drug-likeness (QED) is 0.780. The van der Waals surface area contributed by atoms with Crippen LogP contribution < -0.4 is 5.32 Å². The molecule has 5 nitrogen and oxygen atoms in total. The van der Waals surface area contributed by atoms with Gasteiger partial charge in [0.15, 0.2) is 0 Å². The first-order valence-electron chi connectivity index (χ1n) is 5.07. The van der Waals surface area contributed by atoms with Crippen molar-refractivity contribution in [1.82, 2.24) is 10.3 Å². The van der Waals surface area contributed by atoms with E-state index in [0.29, 0.717) is 12.2 Å². The van der Waals surface area contributed by atoms with Crippen LogP contribution >= 0.6 is 0 Å². The van der Waals surface area contributed by atoms with Gasteiger partial charge in [0.25, 0.3) is 5.91 Å². The monoisotopic (exact) mass is 224 g/mol. The molecular weight excluding hydrogens is 208 g/mol. The van der Waals surface area contributed by atoms with E-state index in [1.165, 1.54) is 18.5 Å². The molecule has 0 saturated heterocycles. The highest BCUT2D eigenvalue weighted by molar-refractivity contribution is 5.94. The number of aromatic nitrogens is 1. The molecule has 1 aromatic heterocycles. The number of amides is 1. The Kier molecular flexibility index (Phi) is 4.72. The summed E-state index contributed by atoms with van der Waals surface area (Å²) in [6.07, 6.45) is 3.44. The minimum atomic E-state index is -0.244. The number of carbonyl (C=O) groups is 1. The van der Waals surface area contributed by atoms with Gasteiger partial charge in [-0.1, -0.05) is 0 Å². The van der Waals surface area contributed by atoms with Crippen molar-refractivity contribution in [1.29, 1.82) is 0 Å². The molecule has 0 radical (unpaired) electrons. The molecule has 0 aromatic carbocycles. The Labute approximate surface area is 94.5 Å². The molecule has 5 heteroatoms. The van der Waals surface area contributed by atoms with Crippen molar-refractivity contribution in [2.24, 2.45) is 0 Å². The van der Waals surface area contributed by atoms with Crippen LogP contribution in [0.2, 0.25) is 0 Å². The number of carbonyl (C=O) groups excluding carboxylic acids is 1. The molecule has 0 fully saturated rings. The summed E-state index contributed by atoms with van der Waals surface area (Å²) in [5, 5.41) is 12.0. The van der Waals surface area contributed by atoms with E-state index in [-0.39, 0.29) is 17.7 Å². The molecule has 0 bridgehead atoms. The summed E-state index contributed by atoms with van der Waals surface area (Å²) in [6, 6.07) is 1.40. The van der Waals surface area contributed by atoms with Crippen LogP contribution in [0.1, 0.15) is 23.7 Å². The van der Waals surface area contributed by atoms with E-state index in [1.54, 1.807) is 7.11 Å². The standard InChI is InChI=1S/C11H16N2O3/c1-8(3-4-16-2)13-11(15)9-5-10(14)7-12-6-9/h5-8,14H,3-4H2,1-2H3,(H,13,15). The molecule has 0 aliphatic rings. The van der Waals surface area contributed by atoms with E-state index in [0.717, 1.165) is 6.42 Å². The number of aromatic hydroxyl groups is 1. The third-order valence-corrected chi connectivity index (χ3v) is 2.12. The van der Waals surface area contributed by atoms with Crippen molar-refractivity contribution < 1.29 is 14.6 Å². The Hall–Kier alpha value is -1.62. The molecule has 2 N–H and O–H groups in total. The van der Waals surface area contributed by atoms with E-state index in [1.807, 2.05) is 6.92 Å². The van der Waals surface area contributed by atoms with Gasteiger partial charge in [0.05, 0.1) is 11.8 Å². The van der Waals surface area contributed by atoms with Crippen LogP contribution in [0.25, 0.3) is 0 Å². The molecule has 0 spiro atoms. The zero-order valence-corrected chi connectivity index (χ0v) is 9.43. The number of nitrogens with one attached hydrogen (secondary N) is 1. The Balaban J connectivity index is 2.52. The van der Waals surface area contributed by atoms with E-state index in [2.05, 4.69) is 10.3 Å². The molecule has 1 amide bonds. The molecule has 0 saturated carbocycles. The lowest BCUT2D eigenvalue weighted by Gasteiger charge is -2.13. The van der Waals surface area contributed by atoms with Crippen LogP contribution in [0.15, 0.2) is 18.5 Å². The second-order valence-corrected chi connectivity index (χ2v) is 3.59. The predicted octanol–water partition coefficient (Wildman–Crippen LogP) is 0.942. The minimum Gasteiger partial charge on any atom is -0.506 e. The number of hydrogen-bond acceptors (Lipinski definition) is 4. The summed E-state index contributed by atoms with van der Waals surface area (Å²) < 4.78 is 4.92. The fraction of sp³-hybridized carbons (Fsp3) is 0.455. The van der Waals surface area contributed by atoms with Crippen molar-refractivity contribution >= 4 is 5.91 Å². The van der Waals surface area contributed by atoms with Gasteiger partial charge in [-0.05, 0) is 19.4 Å². The highest BCUT2D eigenvalue weighted by atomic mass is 16.5. The first-order chi connectivity index (χ1) is 7.63. The summed E-state index contributed by atoms with van der Waals surface area (Å²) in [5.41, 5.74) is 0.351. The fourth-order valence-corrected chi connectivity index (χ4v) is 1.23. The van der Waals surface area contributed by atoms with Crippen LogP contribution in [-0.4, -0.2) is 35.8 Å². The van der Waals surface area contributed by atoms with Crippen LogP contribution in [0, 0.1) is 0 Å². The maximum atomic E-state index is 11.7. The molecule has 0 aliphatic heterocycles. The normalized spacial score (nSPS) is 12.1. The zero-order valence-electron chi connectivity index (χ0n) is 9.43. The number of rotatable bonds is 5. The molecule has 1 rings (SSSR count). The Bertz CT molecular complexity index is 355. The lowest BCUT2D eigenvalue weighted by Crippen LogP contribution is -2.33. The minimum absolute atomic E-state index is 0.0165. The van der Waals surface area contributed by atoms with Crippen molar-refractivity contribution in [3.8, 4) is 5.75 Å². The predicted molar refractivity (Wildman–Crippen MR) is 59.3 cm³/mol. The molecule has 1 atom stereocenters. The van der Waals surface area contributed by atoms with Gasteiger partial charge in [-0.15, -0.1) is 0 Å². The number of pyridine rings is 1. The molecule has 88 valence electrons. The lowest BCUT2D eigenvalue weighted by molar-refractivity contribution is 0.0929. The number of nitrogens with zero attached hydrogens (tertiary/aromatic N) is 1. The molecule has 1 heterocycles. The summed E-state index contributed by atoms with van der Waals surface area (Å²) in [5.74, 6) is -0.260. The van der Waals surface area contributed by atoms with Crippen LogP contribution in [0.5, 0.6) is 5.75 Å². The van der Waals surface area contributed by atoms with Gasteiger partial charge in [0.2, 0.25) is 0 Å². The third kappa shape index (κ3) is 3.86. The van der Waals surface area contributed by atoms with Crippen molar-refractivity contribution in [2.45, 2.75) is 19.4 Å².